The fourth-order valence-electron chi connectivity index (χ4n) is 2.65. The molecule has 4 nitrogen and oxygen atoms in total. The van der Waals surface area contributed by atoms with Gasteiger partial charge in [-0.15, -0.1) is 0 Å². The van der Waals surface area contributed by atoms with E-state index in [-0.39, 0.29) is 25.5 Å². The maximum absolute atomic E-state index is 13.4. The summed E-state index contributed by atoms with van der Waals surface area (Å²) < 4.78 is 13.4. The van der Waals surface area contributed by atoms with Gasteiger partial charge in [0.25, 0.3) is 5.91 Å². The predicted octanol–water partition coefficient (Wildman–Crippen LogP) is 2.37. The Kier molecular flexibility index (Phi) is 3.40. The van der Waals surface area contributed by atoms with Crippen molar-refractivity contribution in [3.8, 4) is 0 Å². The molecule has 1 fully saturated rings. The molecule has 1 aromatic carbocycles. The highest BCUT2D eigenvalue weighted by Gasteiger charge is 2.35. The standard InChI is InChI=1S/C14H14ClFN2O2/c15-9-2-1-8-3-13(17-12(8)4-9)14(20)18-6-10(16)5-11(18)7-19/h1-4,10-11,17,19H,5-7H2/t10-,11-/m0/s1. The summed E-state index contributed by atoms with van der Waals surface area (Å²) in [6.45, 7) is -0.196. The number of nitrogens with one attached hydrogen (secondary N) is 1. The number of aliphatic hydroxyl groups excluding tert-OH is 1. The second-order valence-electron chi connectivity index (χ2n) is 5.04. The van der Waals surface area contributed by atoms with Crippen LogP contribution in [0.25, 0.3) is 10.9 Å². The predicted molar refractivity (Wildman–Crippen MR) is 74.7 cm³/mol. The van der Waals surface area contributed by atoms with Crippen LogP contribution in [-0.2, 0) is 0 Å². The number of fused-ring (bicyclic) bond motifs is 1. The Hall–Kier alpha value is -1.59. The minimum Gasteiger partial charge on any atom is -0.394 e. The molecule has 0 bridgehead atoms. The molecular weight excluding hydrogens is 283 g/mol. The fraction of sp³-hybridized carbons (Fsp3) is 0.357. The number of carbonyl (C=O) groups excluding carboxylic acids is 1. The molecule has 0 radical (unpaired) electrons. The number of likely N-dealkylation sites (tertiary alicyclic amines) is 1. The molecule has 3 rings (SSSR count). The van der Waals surface area contributed by atoms with Gasteiger partial charge in [-0.05, 0) is 18.2 Å². The first-order chi connectivity index (χ1) is 9.58. The van der Waals surface area contributed by atoms with Gasteiger partial charge in [0.1, 0.15) is 11.9 Å². The van der Waals surface area contributed by atoms with Crippen molar-refractivity contribution in [2.75, 3.05) is 13.2 Å². The van der Waals surface area contributed by atoms with Crippen LogP contribution in [0, 0.1) is 0 Å². The van der Waals surface area contributed by atoms with Crippen molar-refractivity contribution in [3.05, 3.63) is 35.0 Å². The van der Waals surface area contributed by atoms with Crippen LogP contribution in [0.2, 0.25) is 5.02 Å². The molecule has 0 aliphatic carbocycles. The van der Waals surface area contributed by atoms with E-state index in [4.69, 9.17) is 11.6 Å². The zero-order valence-electron chi connectivity index (χ0n) is 10.6. The molecule has 2 heterocycles. The number of aliphatic hydroxyl groups is 1. The molecule has 106 valence electrons. The highest BCUT2D eigenvalue weighted by Crippen LogP contribution is 2.25. The molecule has 0 saturated carbocycles. The second-order valence-corrected chi connectivity index (χ2v) is 5.48. The number of hydrogen-bond donors (Lipinski definition) is 2. The first kappa shape index (κ1) is 13.4. The number of hydrogen-bond acceptors (Lipinski definition) is 2. The molecule has 1 aliphatic rings. The summed E-state index contributed by atoms with van der Waals surface area (Å²) in [5.41, 5.74) is 1.15. The number of aromatic nitrogens is 1. The average Bonchev–Trinajstić information content (AvgIpc) is 3.00. The third-order valence-corrected chi connectivity index (χ3v) is 3.89. The van der Waals surface area contributed by atoms with E-state index in [2.05, 4.69) is 4.98 Å². The summed E-state index contributed by atoms with van der Waals surface area (Å²) in [4.78, 5) is 16.8. The molecule has 2 N–H and O–H groups in total. The van der Waals surface area contributed by atoms with Crippen molar-refractivity contribution < 1.29 is 14.3 Å². The summed E-state index contributed by atoms with van der Waals surface area (Å²) >= 11 is 5.90. The van der Waals surface area contributed by atoms with E-state index in [9.17, 15) is 14.3 Å². The lowest BCUT2D eigenvalue weighted by Crippen LogP contribution is -2.38. The molecule has 6 heteroatoms. The monoisotopic (exact) mass is 296 g/mol. The molecule has 1 saturated heterocycles. The quantitative estimate of drug-likeness (QED) is 0.894. The van der Waals surface area contributed by atoms with Gasteiger partial charge in [0.2, 0.25) is 0 Å². The Morgan fingerprint density at radius 1 is 1.50 bits per heavy atom. The lowest BCUT2D eigenvalue weighted by Gasteiger charge is -2.21. The number of halogens is 2. The van der Waals surface area contributed by atoms with Crippen LogP contribution in [0.1, 0.15) is 16.9 Å². The molecule has 1 amide bonds. The van der Waals surface area contributed by atoms with E-state index >= 15 is 0 Å². The molecule has 20 heavy (non-hydrogen) atoms. The van der Waals surface area contributed by atoms with E-state index in [0.717, 1.165) is 10.9 Å². The number of amides is 1. The Morgan fingerprint density at radius 2 is 2.30 bits per heavy atom. The van der Waals surface area contributed by atoms with E-state index in [1.807, 2.05) is 6.07 Å². The van der Waals surface area contributed by atoms with Crippen LogP contribution < -0.4 is 0 Å². The second kappa shape index (κ2) is 5.07. The number of rotatable bonds is 2. The van der Waals surface area contributed by atoms with Gasteiger partial charge in [0.05, 0.1) is 19.2 Å². The maximum Gasteiger partial charge on any atom is 0.270 e. The summed E-state index contributed by atoms with van der Waals surface area (Å²) in [5, 5.41) is 10.7. The van der Waals surface area contributed by atoms with E-state index in [1.54, 1.807) is 18.2 Å². The van der Waals surface area contributed by atoms with Gasteiger partial charge in [-0.3, -0.25) is 4.79 Å². The number of carbonyl (C=O) groups is 1. The highest BCUT2D eigenvalue weighted by molar-refractivity contribution is 6.31. The number of aromatic amines is 1. The van der Waals surface area contributed by atoms with Crippen LogP contribution in [0.15, 0.2) is 24.3 Å². The third kappa shape index (κ3) is 2.27. The first-order valence-corrected chi connectivity index (χ1v) is 6.80. The van der Waals surface area contributed by atoms with Crippen LogP contribution in [0.5, 0.6) is 0 Å². The Balaban J connectivity index is 1.92. The largest absolute Gasteiger partial charge is 0.394 e. The normalized spacial score (nSPS) is 22.6. The van der Waals surface area contributed by atoms with Crippen molar-refractivity contribution in [3.63, 3.8) is 0 Å². The summed E-state index contributed by atoms with van der Waals surface area (Å²) in [5.74, 6) is -0.295. The molecule has 0 unspecified atom stereocenters. The topological polar surface area (TPSA) is 56.3 Å². The first-order valence-electron chi connectivity index (χ1n) is 6.42. The van der Waals surface area contributed by atoms with E-state index in [1.165, 1.54) is 4.90 Å². The molecule has 1 aliphatic heterocycles. The lowest BCUT2D eigenvalue weighted by atomic mass is 10.2. The minimum absolute atomic E-state index is 0.0280. The fourth-order valence-corrected chi connectivity index (χ4v) is 2.82. The van der Waals surface area contributed by atoms with Crippen LogP contribution in [0.3, 0.4) is 0 Å². The van der Waals surface area contributed by atoms with Gasteiger partial charge in [-0.2, -0.15) is 0 Å². The van der Waals surface area contributed by atoms with Gasteiger partial charge in [-0.25, -0.2) is 4.39 Å². The summed E-state index contributed by atoms with van der Waals surface area (Å²) in [6.07, 6.45) is -0.885. The van der Waals surface area contributed by atoms with Crippen molar-refractivity contribution in [1.82, 2.24) is 9.88 Å². The van der Waals surface area contributed by atoms with Crippen LogP contribution in [-0.4, -0.2) is 46.3 Å². The molecule has 2 aromatic rings. The Bertz CT molecular complexity index is 658. The van der Waals surface area contributed by atoms with Gasteiger partial charge in [0, 0.05) is 22.3 Å². The molecular formula is C14H14ClFN2O2. The average molecular weight is 297 g/mol. The number of alkyl halides is 1. The summed E-state index contributed by atoms with van der Waals surface area (Å²) in [6, 6.07) is 6.56. The minimum atomic E-state index is -1.07. The maximum atomic E-state index is 13.4. The van der Waals surface area contributed by atoms with Gasteiger partial charge in [0.15, 0.2) is 0 Å². The van der Waals surface area contributed by atoms with Crippen molar-refractivity contribution in [2.24, 2.45) is 0 Å². The van der Waals surface area contributed by atoms with Gasteiger partial charge in [-0.1, -0.05) is 17.7 Å². The van der Waals surface area contributed by atoms with Crippen molar-refractivity contribution in [2.45, 2.75) is 18.6 Å². The zero-order chi connectivity index (χ0) is 14.3. The van der Waals surface area contributed by atoms with Crippen molar-refractivity contribution >= 4 is 28.4 Å². The van der Waals surface area contributed by atoms with Gasteiger partial charge >= 0.3 is 0 Å². The van der Waals surface area contributed by atoms with E-state index < -0.39 is 12.2 Å². The Morgan fingerprint density at radius 3 is 3.05 bits per heavy atom. The molecule has 2 atom stereocenters. The number of benzene rings is 1. The Labute approximate surface area is 120 Å². The molecule has 1 aromatic heterocycles. The number of nitrogens with zero attached hydrogens (tertiary/aromatic N) is 1. The molecule has 0 spiro atoms. The smallest absolute Gasteiger partial charge is 0.270 e. The highest BCUT2D eigenvalue weighted by atomic mass is 35.5. The summed E-state index contributed by atoms with van der Waals surface area (Å²) in [7, 11) is 0. The SMILES string of the molecule is O=C(c1cc2ccc(Cl)cc2[nH]1)N1C[C@@H](F)C[C@H]1CO. The lowest BCUT2D eigenvalue weighted by molar-refractivity contribution is 0.0668. The van der Waals surface area contributed by atoms with E-state index in [0.29, 0.717) is 10.7 Å². The third-order valence-electron chi connectivity index (χ3n) is 3.65. The van der Waals surface area contributed by atoms with Crippen molar-refractivity contribution in [1.29, 1.82) is 0 Å². The van der Waals surface area contributed by atoms with Crippen LogP contribution in [0.4, 0.5) is 4.39 Å². The van der Waals surface area contributed by atoms with Gasteiger partial charge < -0.3 is 15.0 Å². The van der Waals surface area contributed by atoms with Crippen LogP contribution >= 0.6 is 11.6 Å². The zero-order valence-corrected chi connectivity index (χ0v) is 11.4. The number of H-pyrrole nitrogens is 1.